The SMILES string of the molecule is COc1cccc(C2/C(=C(/O)c3ccc(OC)c(OC)c3)C(=O)C(=O)N2CCc2c[nH]c3ccc(OC)cc23)c1. The lowest BCUT2D eigenvalue weighted by molar-refractivity contribution is -0.139. The van der Waals surface area contributed by atoms with E-state index in [9.17, 15) is 14.7 Å². The highest BCUT2D eigenvalue weighted by Gasteiger charge is 2.46. The van der Waals surface area contributed by atoms with Gasteiger partial charge in [-0.2, -0.15) is 0 Å². The molecular weight excluding hydrogens is 512 g/mol. The fraction of sp³-hybridized carbons (Fsp3) is 0.226. The third-order valence-corrected chi connectivity index (χ3v) is 7.20. The van der Waals surface area contributed by atoms with Crippen molar-refractivity contribution in [2.75, 3.05) is 35.0 Å². The monoisotopic (exact) mass is 542 g/mol. The van der Waals surface area contributed by atoms with Gasteiger partial charge in [0, 0.05) is 29.2 Å². The molecule has 1 atom stereocenters. The summed E-state index contributed by atoms with van der Waals surface area (Å²) in [4.78, 5) is 31.7. The van der Waals surface area contributed by atoms with E-state index in [0.717, 1.165) is 22.2 Å². The number of aliphatic hydroxyl groups excluding tert-OH is 1. The van der Waals surface area contributed by atoms with Crippen LogP contribution in [-0.4, -0.2) is 61.7 Å². The van der Waals surface area contributed by atoms with Crippen molar-refractivity contribution in [3.8, 4) is 23.0 Å². The van der Waals surface area contributed by atoms with E-state index in [2.05, 4.69) is 4.98 Å². The van der Waals surface area contributed by atoms with Crippen LogP contribution in [0.2, 0.25) is 0 Å². The number of likely N-dealkylation sites (tertiary alicyclic amines) is 1. The average Bonchev–Trinajstić information content (AvgIpc) is 3.52. The van der Waals surface area contributed by atoms with Gasteiger partial charge in [-0.1, -0.05) is 12.1 Å². The average molecular weight is 543 g/mol. The van der Waals surface area contributed by atoms with Gasteiger partial charge in [-0.15, -0.1) is 0 Å². The van der Waals surface area contributed by atoms with Gasteiger partial charge in [0.1, 0.15) is 17.3 Å². The fourth-order valence-electron chi connectivity index (χ4n) is 5.14. The molecule has 0 aliphatic carbocycles. The summed E-state index contributed by atoms with van der Waals surface area (Å²) < 4.78 is 21.5. The predicted molar refractivity (Wildman–Crippen MR) is 150 cm³/mol. The van der Waals surface area contributed by atoms with Crippen molar-refractivity contribution in [2.24, 2.45) is 0 Å². The number of nitrogens with zero attached hydrogens (tertiary/aromatic N) is 1. The highest BCUT2D eigenvalue weighted by Crippen LogP contribution is 2.41. The van der Waals surface area contributed by atoms with E-state index in [4.69, 9.17) is 18.9 Å². The van der Waals surface area contributed by atoms with Crippen LogP contribution in [0.15, 0.2) is 72.4 Å². The molecule has 1 aliphatic rings. The smallest absolute Gasteiger partial charge is 0.295 e. The Kier molecular flexibility index (Phi) is 7.37. The third kappa shape index (κ3) is 4.70. The maximum absolute atomic E-state index is 13.5. The molecule has 1 unspecified atom stereocenters. The molecule has 2 heterocycles. The molecule has 0 spiro atoms. The summed E-state index contributed by atoms with van der Waals surface area (Å²) in [6.45, 7) is 0.235. The number of aromatic nitrogens is 1. The molecule has 1 saturated heterocycles. The number of benzene rings is 3. The lowest BCUT2D eigenvalue weighted by Gasteiger charge is -2.25. The quantitative estimate of drug-likeness (QED) is 0.176. The van der Waals surface area contributed by atoms with Crippen LogP contribution in [-0.2, 0) is 16.0 Å². The second-order valence-corrected chi connectivity index (χ2v) is 9.31. The molecule has 40 heavy (non-hydrogen) atoms. The van der Waals surface area contributed by atoms with Crippen LogP contribution in [0.1, 0.15) is 22.7 Å². The summed E-state index contributed by atoms with van der Waals surface area (Å²) in [5, 5.41) is 12.4. The Hall–Kier alpha value is -4.92. The number of ether oxygens (including phenoxy) is 4. The first-order chi connectivity index (χ1) is 19.4. The van der Waals surface area contributed by atoms with Crippen molar-refractivity contribution in [1.82, 2.24) is 9.88 Å². The van der Waals surface area contributed by atoms with Crippen LogP contribution < -0.4 is 18.9 Å². The maximum Gasteiger partial charge on any atom is 0.295 e. The Morgan fingerprint density at radius 3 is 2.35 bits per heavy atom. The minimum atomic E-state index is -0.831. The van der Waals surface area contributed by atoms with Crippen LogP contribution in [0.5, 0.6) is 23.0 Å². The summed E-state index contributed by atoms with van der Waals surface area (Å²) in [5.74, 6) is 0.394. The molecule has 0 bridgehead atoms. The summed E-state index contributed by atoms with van der Waals surface area (Å²) >= 11 is 0. The predicted octanol–water partition coefficient (Wildman–Crippen LogP) is 4.87. The Balaban J connectivity index is 1.58. The van der Waals surface area contributed by atoms with Crippen LogP contribution >= 0.6 is 0 Å². The number of nitrogens with one attached hydrogen (secondary N) is 1. The Morgan fingerprint density at radius 2 is 1.62 bits per heavy atom. The number of hydrogen-bond donors (Lipinski definition) is 2. The van der Waals surface area contributed by atoms with Gasteiger partial charge < -0.3 is 33.9 Å². The molecule has 0 saturated carbocycles. The lowest BCUT2D eigenvalue weighted by Crippen LogP contribution is -2.31. The van der Waals surface area contributed by atoms with Crippen molar-refractivity contribution in [3.63, 3.8) is 0 Å². The second kappa shape index (κ2) is 11.1. The fourth-order valence-corrected chi connectivity index (χ4v) is 5.14. The molecule has 3 aromatic carbocycles. The summed E-state index contributed by atoms with van der Waals surface area (Å²) in [5.41, 5.74) is 2.87. The zero-order valence-corrected chi connectivity index (χ0v) is 22.7. The van der Waals surface area contributed by atoms with Crippen LogP contribution in [0, 0.1) is 0 Å². The van der Waals surface area contributed by atoms with E-state index >= 15 is 0 Å². The molecule has 2 N–H and O–H groups in total. The molecule has 4 aromatic rings. The second-order valence-electron chi connectivity index (χ2n) is 9.31. The molecule has 9 nitrogen and oxygen atoms in total. The number of amides is 1. The normalized spacial score (nSPS) is 16.4. The number of methoxy groups -OCH3 is 4. The van der Waals surface area contributed by atoms with Crippen molar-refractivity contribution in [2.45, 2.75) is 12.5 Å². The highest BCUT2D eigenvalue weighted by atomic mass is 16.5. The van der Waals surface area contributed by atoms with Crippen molar-refractivity contribution in [1.29, 1.82) is 0 Å². The first kappa shape index (κ1) is 26.7. The van der Waals surface area contributed by atoms with E-state index in [1.165, 1.54) is 19.1 Å². The lowest BCUT2D eigenvalue weighted by atomic mass is 9.95. The largest absolute Gasteiger partial charge is 0.507 e. The van der Waals surface area contributed by atoms with Gasteiger partial charge in [0.2, 0.25) is 0 Å². The van der Waals surface area contributed by atoms with Gasteiger partial charge in [0.15, 0.2) is 11.5 Å². The van der Waals surface area contributed by atoms with Gasteiger partial charge in [0.05, 0.1) is 40.1 Å². The van der Waals surface area contributed by atoms with Crippen LogP contribution in [0.25, 0.3) is 16.7 Å². The van der Waals surface area contributed by atoms with Crippen molar-refractivity contribution >= 4 is 28.4 Å². The number of fused-ring (bicyclic) bond motifs is 1. The number of H-pyrrole nitrogens is 1. The van der Waals surface area contributed by atoms with Crippen LogP contribution in [0.3, 0.4) is 0 Å². The summed E-state index contributed by atoms with van der Waals surface area (Å²) in [6.07, 6.45) is 2.36. The first-order valence-corrected chi connectivity index (χ1v) is 12.7. The van der Waals surface area contributed by atoms with Gasteiger partial charge in [-0.25, -0.2) is 0 Å². The standard InChI is InChI=1S/C31H30N2O7/c1-37-21-7-5-6-18(14-21)28-27(29(34)19-8-11-25(39-3)26(15-19)40-4)30(35)31(36)33(28)13-12-20-17-32-24-10-9-22(38-2)16-23(20)24/h5-11,14-17,28,32,34H,12-13H2,1-4H3/b29-27-. The van der Waals surface area contributed by atoms with Crippen molar-refractivity contribution < 1.29 is 33.6 Å². The minimum Gasteiger partial charge on any atom is -0.507 e. The molecule has 1 amide bonds. The number of hydrogen-bond acceptors (Lipinski definition) is 7. The summed E-state index contributed by atoms with van der Waals surface area (Å²) in [6, 6.07) is 16.9. The first-order valence-electron chi connectivity index (χ1n) is 12.7. The molecule has 1 aliphatic heterocycles. The van der Waals surface area contributed by atoms with Gasteiger partial charge in [0.25, 0.3) is 11.7 Å². The molecule has 0 radical (unpaired) electrons. The molecule has 9 heteroatoms. The number of aromatic amines is 1. The minimum absolute atomic E-state index is 0.00827. The van der Waals surface area contributed by atoms with Gasteiger partial charge >= 0.3 is 0 Å². The van der Waals surface area contributed by atoms with Crippen molar-refractivity contribution in [3.05, 3.63) is 89.1 Å². The number of carbonyl (C=O) groups excluding carboxylic acids is 2. The molecule has 1 fully saturated rings. The number of ketones is 1. The topological polar surface area (TPSA) is 110 Å². The maximum atomic E-state index is 13.5. The van der Waals surface area contributed by atoms with Crippen LogP contribution in [0.4, 0.5) is 0 Å². The number of carbonyl (C=O) groups is 2. The van der Waals surface area contributed by atoms with E-state index < -0.39 is 17.7 Å². The number of aliphatic hydroxyl groups is 1. The zero-order valence-electron chi connectivity index (χ0n) is 22.7. The Morgan fingerprint density at radius 1 is 0.875 bits per heavy atom. The van der Waals surface area contributed by atoms with E-state index in [1.54, 1.807) is 50.6 Å². The van der Waals surface area contributed by atoms with E-state index in [1.807, 2.05) is 30.5 Å². The Labute approximate surface area is 231 Å². The van der Waals surface area contributed by atoms with E-state index in [0.29, 0.717) is 34.8 Å². The third-order valence-electron chi connectivity index (χ3n) is 7.20. The zero-order chi connectivity index (χ0) is 28.4. The molecule has 206 valence electrons. The Bertz CT molecular complexity index is 1620. The molecule has 5 rings (SSSR count). The van der Waals surface area contributed by atoms with Gasteiger partial charge in [-0.05, 0) is 66.1 Å². The van der Waals surface area contributed by atoms with E-state index in [-0.39, 0.29) is 17.9 Å². The van der Waals surface area contributed by atoms with Gasteiger partial charge in [-0.3, -0.25) is 9.59 Å². The molecule has 1 aromatic heterocycles. The highest BCUT2D eigenvalue weighted by molar-refractivity contribution is 6.46. The summed E-state index contributed by atoms with van der Waals surface area (Å²) in [7, 11) is 6.15. The number of Topliss-reactive ketones (excluding diaryl/α,β-unsaturated/α-hetero) is 1. The number of rotatable bonds is 9. The molecular formula is C31H30N2O7.